The molecule has 1 saturated heterocycles. The Morgan fingerprint density at radius 2 is 1.85 bits per heavy atom. The minimum atomic E-state index is -0.976. The summed E-state index contributed by atoms with van der Waals surface area (Å²) in [5, 5.41) is 11.4. The number of rotatable bonds is 6. The summed E-state index contributed by atoms with van der Waals surface area (Å²) >= 11 is 6.27. The van der Waals surface area contributed by atoms with Gasteiger partial charge in [-0.05, 0) is 68.4 Å². The minimum absolute atomic E-state index is 0.00922. The molecule has 8 heteroatoms. The van der Waals surface area contributed by atoms with Gasteiger partial charge in [0, 0.05) is 11.3 Å². The van der Waals surface area contributed by atoms with Crippen LogP contribution in [0.2, 0.25) is 5.02 Å². The monoisotopic (exact) mass is 467 g/mol. The second-order valence-electron chi connectivity index (χ2n) is 7.69. The van der Waals surface area contributed by atoms with Gasteiger partial charge in [0.15, 0.2) is 0 Å². The second-order valence-corrected chi connectivity index (χ2v) is 8.10. The Labute approximate surface area is 195 Å². The Bertz CT molecular complexity index is 1210. The number of nitrogens with zero attached hydrogens (tertiary/aromatic N) is 1. The number of amides is 1. The van der Waals surface area contributed by atoms with Crippen LogP contribution in [0.1, 0.15) is 31.2 Å². The predicted octanol–water partition coefficient (Wildman–Crippen LogP) is 5.36. The lowest BCUT2D eigenvalue weighted by molar-refractivity contribution is -0.132. The smallest absolute Gasteiger partial charge is 0.300 e. The number of ketones is 1. The molecule has 0 bridgehead atoms. The molecular weight excluding hydrogens is 446 g/mol. The molecule has 170 valence electrons. The van der Waals surface area contributed by atoms with Gasteiger partial charge in [-0.25, -0.2) is 0 Å². The first kappa shape index (κ1) is 22.5. The fraction of sp³-hybridized carbons (Fsp3) is 0.200. The van der Waals surface area contributed by atoms with Crippen LogP contribution in [0.3, 0.4) is 0 Å². The third-order valence-electron chi connectivity index (χ3n) is 5.17. The maximum absolute atomic E-state index is 13.1. The van der Waals surface area contributed by atoms with E-state index in [-0.39, 0.29) is 22.5 Å². The zero-order valence-corrected chi connectivity index (χ0v) is 19.0. The molecule has 1 unspecified atom stereocenters. The first-order valence-electron chi connectivity index (χ1n) is 10.3. The minimum Gasteiger partial charge on any atom is -0.507 e. The third-order valence-corrected chi connectivity index (χ3v) is 5.47. The Kier molecular flexibility index (Phi) is 6.16. The largest absolute Gasteiger partial charge is 0.507 e. The van der Waals surface area contributed by atoms with Crippen molar-refractivity contribution in [3.63, 3.8) is 0 Å². The molecule has 0 radical (unpaired) electrons. The maximum atomic E-state index is 13.1. The third kappa shape index (κ3) is 4.19. The number of Topliss-reactive ketones (excluding diaryl/α,β-unsaturated/α-hetero) is 1. The van der Waals surface area contributed by atoms with Crippen molar-refractivity contribution in [1.82, 2.24) is 0 Å². The van der Waals surface area contributed by atoms with Crippen molar-refractivity contribution in [2.45, 2.75) is 26.0 Å². The van der Waals surface area contributed by atoms with Gasteiger partial charge in [0.2, 0.25) is 0 Å². The lowest BCUT2D eigenvalue weighted by atomic mass is 9.99. The van der Waals surface area contributed by atoms with Crippen LogP contribution in [-0.4, -0.2) is 30.0 Å². The molecule has 1 aliphatic heterocycles. The number of hydrogen-bond donors (Lipinski definition) is 1. The molecule has 3 aromatic rings. The highest BCUT2D eigenvalue weighted by Gasteiger charge is 2.48. The van der Waals surface area contributed by atoms with Crippen molar-refractivity contribution >= 4 is 34.7 Å². The molecule has 7 nitrogen and oxygen atoms in total. The van der Waals surface area contributed by atoms with Crippen molar-refractivity contribution in [3.8, 4) is 11.5 Å². The van der Waals surface area contributed by atoms with Gasteiger partial charge in [-0.2, -0.15) is 0 Å². The van der Waals surface area contributed by atoms with E-state index in [2.05, 4.69) is 0 Å². The molecule has 1 aromatic heterocycles. The Morgan fingerprint density at radius 1 is 1.12 bits per heavy atom. The molecule has 1 fully saturated rings. The van der Waals surface area contributed by atoms with Gasteiger partial charge < -0.3 is 19.0 Å². The van der Waals surface area contributed by atoms with Gasteiger partial charge in [-0.3, -0.25) is 14.5 Å². The molecule has 2 aromatic carbocycles. The van der Waals surface area contributed by atoms with Crippen LogP contribution in [0.25, 0.3) is 5.76 Å². The molecular formula is C25H22ClNO6. The van der Waals surface area contributed by atoms with Crippen molar-refractivity contribution in [3.05, 3.63) is 82.8 Å². The molecule has 0 saturated carbocycles. The number of aliphatic hydroxyl groups excluding tert-OH is 1. The number of carbonyl (C=O) groups excluding carboxylic acids is 2. The van der Waals surface area contributed by atoms with Crippen molar-refractivity contribution in [2.75, 3.05) is 12.0 Å². The fourth-order valence-electron chi connectivity index (χ4n) is 3.74. The number of methoxy groups -OCH3 is 1. The van der Waals surface area contributed by atoms with E-state index in [1.807, 2.05) is 13.8 Å². The number of anilines is 1. The molecule has 1 atom stereocenters. The normalized spacial score (nSPS) is 17.6. The molecule has 0 aliphatic carbocycles. The second kappa shape index (κ2) is 9.03. The van der Waals surface area contributed by atoms with Crippen molar-refractivity contribution in [1.29, 1.82) is 0 Å². The number of carbonyl (C=O) groups is 2. The summed E-state index contributed by atoms with van der Waals surface area (Å²) in [7, 11) is 1.48. The Hall–Kier alpha value is -3.71. The molecule has 0 spiro atoms. The summed E-state index contributed by atoms with van der Waals surface area (Å²) in [5.41, 5.74) is 0.650. The van der Waals surface area contributed by atoms with E-state index in [9.17, 15) is 14.7 Å². The van der Waals surface area contributed by atoms with Crippen molar-refractivity contribution in [2.24, 2.45) is 0 Å². The number of hydrogen-bond acceptors (Lipinski definition) is 6. The number of ether oxygens (including phenoxy) is 2. The molecule has 1 N–H and O–H groups in total. The Balaban J connectivity index is 1.83. The number of benzene rings is 2. The number of aliphatic hydroxyl groups is 1. The summed E-state index contributed by atoms with van der Waals surface area (Å²) in [4.78, 5) is 27.4. The molecule has 33 heavy (non-hydrogen) atoms. The van der Waals surface area contributed by atoms with Crippen LogP contribution in [0.4, 0.5) is 5.69 Å². The van der Waals surface area contributed by atoms with E-state index >= 15 is 0 Å². The predicted molar refractivity (Wildman–Crippen MR) is 124 cm³/mol. The van der Waals surface area contributed by atoms with Gasteiger partial charge >= 0.3 is 0 Å². The quantitative estimate of drug-likeness (QED) is 0.298. The van der Waals surface area contributed by atoms with Gasteiger partial charge in [-0.1, -0.05) is 11.6 Å². The van der Waals surface area contributed by atoms with Crippen molar-refractivity contribution < 1.29 is 28.6 Å². The van der Waals surface area contributed by atoms with E-state index in [0.29, 0.717) is 28.5 Å². The van der Waals surface area contributed by atoms with Crippen LogP contribution >= 0.6 is 11.6 Å². The van der Waals surface area contributed by atoms with Gasteiger partial charge in [0.1, 0.15) is 29.1 Å². The molecule has 1 amide bonds. The molecule has 4 rings (SSSR count). The summed E-state index contributed by atoms with van der Waals surface area (Å²) < 4.78 is 16.4. The zero-order valence-electron chi connectivity index (χ0n) is 18.2. The van der Waals surface area contributed by atoms with Crippen LogP contribution in [0, 0.1) is 0 Å². The van der Waals surface area contributed by atoms with Gasteiger partial charge in [0.05, 0.1) is 30.1 Å². The first-order valence-corrected chi connectivity index (χ1v) is 10.6. The highest BCUT2D eigenvalue weighted by Crippen LogP contribution is 2.43. The fourth-order valence-corrected chi connectivity index (χ4v) is 3.99. The maximum Gasteiger partial charge on any atom is 0.300 e. The zero-order chi connectivity index (χ0) is 23.7. The average molecular weight is 468 g/mol. The lowest BCUT2D eigenvalue weighted by Gasteiger charge is -2.24. The standard InChI is InChI=1S/C25H22ClNO6/c1-14(2)33-17-9-6-15(7-10-17)23(28)21-22(20-5-4-12-32-20)27(25(30)24(21)29)16-8-11-19(31-3)18(26)13-16/h4-14,22,28H,1-3H3/b23-21-. The number of halogens is 1. The van der Waals surface area contributed by atoms with Crippen LogP contribution in [-0.2, 0) is 9.59 Å². The SMILES string of the molecule is COc1ccc(N2C(=O)C(=O)/C(=C(\O)c3ccc(OC(C)C)cc3)C2c2ccco2)cc1Cl. The average Bonchev–Trinajstić information content (AvgIpc) is 3.40. The molecule has 2 heterocycles. The topological polar surface area (TPSA) is 89.2 Å². The van der Waals surface area contributed by atoms with Crippen LogP contribution in [0.15, 0.2) is 70.9 Å². The summed E-state index contributed by atoms with van der Waals surface area (Å²) in [6, 6.07) is 13.7. The highest BCUT2D eigenvalue weighted by atomic mass is 35.5. The van der Waals surface area contributed by atoms with Gasteiger partial charge in [-0.15, -0.1) is 0 Å². The highest BCUT2D eigenvalue weighted by molar-refractivity contribution is 6.51. The lowest BCUT2D eigenvalue weighted by Crippen LogP contribution is -2.29. The Morgan fingerprint density at radius 3 is 2.42 bits per heavy atom. The summed E-state index contributed by atoms with van der Waals surface area (Å²) in [5.74, 6) is -0.578. The van der Waals surface area contributed by atoms with Gasteiger partial charge in [0.25, 0.3) is 11.7 Å². The molecule has 1 aliphatic rings. The summed E-state index contributed by atoms with van der Waals surface area (Å²) in [6.07, 6.45) is 1.43. The van der Waals surface area contributed by atoms with E-state index in [1.165, 1.54) is 24.3 Å². The van der Waals surface area contributed by atoms with E-state index in [4.69, 9.17) is 25.5 Å². The first-order chi connectivity index (χ1) is 15.8. The van der Waals surface area contributed by atoms with E-state index in [1.54, 1.807) is 48.5 Å². The van der Waals surface area contributed by atoms with E-state index in [0.717, 1.165) is 0 Å². The number of furan rings is 1. The summed E-state index contributed by atoms with van der Waals surface area (Å²) in [6.45, 7) is 3.81. The van der Waals surface area contributed by atoms with Crippen LogP contribution in [0.5, 0.6) is 11.5 Å². The van der Waals surface area contributed by atoms with Crippen LogP contribution < -0.4 is 14.4 Å². The van der Waals surface area contributed by atoms with E-state index < -0.39 is 17.7 Å².